The van der Waals surface area contributed by atoms with Crippen molar-refractivity contribution in [2.75, 3.05) is 37.0 Å². The van der Waals surface area contributed by atoms with E-state index in [1.165, 1.54) is 5.56 Å². The maximum atomic E-state index is 5.16. The summed E-state index contributed by atoms with van der Waals surface area (Å²) in [6.45, 7) is 4.91. The summed E-state index contributed by atoms with van der Waals surface area (Å²) in [5.41, 5.74) is 1.22. The Hall–Kier alpha value is -2.37. The first kappa shape index (κ1) is 14.6. The lowest BCUT2D eigenvalue weighted by molar-refractivity contribution is 0.397. The van der Waals surface area contributed by atoms with Gasteiger partial charge < -0.3 is 15.0 Å². The third-order valence-electron chi connectivity index (χ3n) is 3.88. The number of methoxy groups -OCH3 is 1. The molecule has 0 unspecified atom stereocenters. The second kappa shape index (κ2) is 6.60. The number of rotatable bonds is 5. The number of hydrogen-bond acceptors (Lipinski definition) is 6. The van der Waals surface area contributed by atoms with Gasteiger partial charge in [0.2, 0.25) is 11.8 Å². The zero-order chi connectivity index (χ0) is 15.4. The molecule has 2 aromatic heterocycles. The molecule has 0 bridgehead atoms. The highest BCUT2D eigenvalue weighted by Gasteiger charge is 2.24. The molecule has 1 N–H and O–H groups in total. The van der Waals surface area contributed by atoms with Gasteiger partial charge in [0.15, 0.2) is 0 Å². The number of aromatic nitrogens is 3. The number of ether oxygens (including phenoxy) is 1. The van der Waals surface area contributed by atoms with E-state index >= 15 is 0 Å². The lowest BCUT2D eigenvalue weighted by Crippen LogP contribution is -2.24. The van der Waals surface area contributed by atoms with Gasteiger partial charge in [0.05, 0.1) is 7.11 Å². The van der Waals surface area contributed by atoms with Crippen molar-refractivity contribution in [3.8, 4) is 5.88 Å². The van der Waals surface area contributed by atoms with E-state index in [2.05, 4.69) is 38.2 Å². The van der Waals surface area contributed by atoms with Crippen LogP contribution in [0.2, 0.25) is 0 Å². The van der Waals surface area contributed by atoms with E-state index in [0.29, 0.717) is 11.8 Å². The molecule has 1 aliphatic rings. The van der Waals surface area contributed by atoms with Gasteiger partial charge in [0.25, 0.3) is 0 Å². The molecule has 0 radical (unpaired) electrons. The first-order chi connectivity index (χ1) is 10.7. The Kier molecular flexibility index (Phi) is 4.37. The molecule has 3 heterocycles. The summed E-state index contributed by atoms with van der Waals surface area (Å²) in [7, 11) is 1.62. The van der Waals surface area contributed by atoms with E-state index < -0.39 is 0 Å². The number of nitrogens with one attached hydrogen (secondary N) is 1. The zero-order valence-electron chi connectivity index (χ0n) is 13.0. The normalized spacial score (nSPS) is 17.5. The summed E-state index contributed by atoms with van der Waals surface area (Å²) >= 11 is 0. The van der Waals surface area contributed by atoms with Gasteiger partial charge in [-0.25, -0.2) is 9.97 Å². The number of aryl methyl sites for hydroxylation is 1. The molecular formula is C16H21N5O. The van der Waals surface area contributed by atoms with Crippen molar-refractivity contribution in [1.29, 1.82) is 0 Å². The number of pyridine rings is 1. The Morgan fingerprint density at radius 2 is 2.18 bits per heavy atom. The van der Waals surface area contributed by atoms with Gasteiger partial charge in [-0.15, -0.1) is 0 Å². The first-order valence-electron chi connectivity index (χ1n) is 7.53. The van der Waals surface area contributed by atoms with Gasteiger partial charge in [0.1, 0.15) is 5.82 Å². The van der Waals surface area contributed by atoms with E-state index in [1.54, 1.807) is 19.4 Å². The van der Waals surface area contributed by atoms with Crippen LogP contribution in [0.3, 0.4) is 0 Å². The van der Waals surface area contributed by atoms with Crippen LogP contribution in [0.5, 0.6) is 5.88 Å². The summed E-state index contributed by atoms with van der Waals surface area (Å²) in [6, 6.07) is 5.84. The molecule has 2 aromatic rings. The average molecular weight is 299 g/mol. The van der Waals surface area contributed by atoms with Gasteiger partial charge in [-0.3, -0.25) is 0 Å². The molecule has 0 aliphatic carbocycles. The quantitative estimate of drug-likeness (QED) is 0.912. The van der Waals surface area contributed by atoms with Crippen molar-refractivity contribution >= 4 is 11.8 Å². The van der Waals surface area contributed by atoms with Gasteiger partial charge in [-0.2, -0.15) is 4.98 Å². The maximum absolute atomic E-state index is 5.16. The lowest BCUT2D eigenvalue weighted by Gasteiger charge is -2.17. The molecule has 1 atom stereocenters. The van der Waals surface area contributed by atoms with Gasteiger partial charge >= 0.3 is 0 Å². The molecule has 0 saturated carbocycles. The Morgan fingerprint density at radius 1 is 1.32 bits per heavy atom. The molecule has 116 valence electrons. The molecule has 0 aromatic carbocycles. The SMILES string of the molecule is COc1ccnc(N2CC[C@H](CNc3cc(C)ccn3)C2)n1. The molecule has 3 rings (SSSR count). The third-order valence-corrected chi connectivity index (χ3v) is 3.88. The van der Waals surface area contributed by atoms with E-state index in [-0.39, 0.29) is 0 Å². The number of nitrogens with zero attached hydrogens (tertiary/aromatic N) is 4. The molecule has 1 fully saturated rings. The van der Waals surface area contributed by atoms with E-state index in [4.69, 9.17) is 4.74 Å². The van der Waals surface area contributed by atoms with Crippen LogP contribution >= 0.6 is 0 Å². The fourth-order valence-corrected chi connectivity index (χ4v) is 2.66. The highest BCUT2D eigenvalue weighted by molar-refractivity contribution is 5.38. The molecular weight excluding hydrogens is 278 g/mol. The van der Waals surface area contributed by atoms with Crippen LogP contribution in [0.15, 0.2) is 30.6 Å². The van der Waals surface area contributed by atoms with Crippen molar-refractivity contribution in [3.63, 3.8) is 0 Å². The van der Waals surface area contributed by atoms with Crippen molar-refractivity contribution in [2.24, 2.45) is 5.92 Å². The predicted octanol–water partition coefficient (Wildman–Crippen LogP) is 2.13. The summed E-state index contributed by atoms with van der Waals surface area (Å²) in [5.74, 6) is 2.86. The number of anilines is 2. The topological polar surface area (TPSA) is 63.2 Å². The highest BCUT2D eigenvalue weighted by atomic mass is 16.5. The minimum atomic E-state index is 0.567. The summed E-state index contributed by atoms with van der Waals surface area (Å²) < 4.78 is 5.16. The van der Waals surface area contributed by atoms with Gasteiger partial charge in [0, 0.05) is 38.1 Å². The molecule has 1 saturated heterocycles. The van der Waals surface area contributed by atoms with Crippen molar-refractivity contribution in [2.45, 2.75) is 13.3 Å². The Balaban J connectivity index is 1.55. The first-order valence-corrected chi connectivity index (χ1v) is 7.53. The van der Waals surface area contributed by atoms with Crippen LogP contribution in [0.1, 0.15) is 12.0 Å². The van der Waals surface area contributed by atoms with Crippen LogP contribution in [-0.4, -0.2) is 41.7 Å². The Labute approximate surface area is 130 Å². The zero-order valence-corrected chi connectivity index (χ0v) is 13.0. The van der Waals surface area contributed by atoms with Crippen molar-refractivity contribution in [3.05, 3.63) is 36.2 Å². The second-order valence-corrected chi connectivity index (χ2v) is 5.60. The molecule has 1 aliphatic heterocycles. The van der Waals surface area contributed by atoms with Crippen LogP contribution in [-0.2, 0) is 0 Å². The molecule has 6 nitrogen and oxygen atoms in total. The van der Waals surface area contributed by atoms with Gasteiger partial charge in [-0.1, -0.05) is 0 Å². The van der Waals surface area contributed by atoms with E-state index in [1.807, 2.05) is 12.3 Å². The fourth-order valence-electron chi connectivity index (χ4n) is 2.66. The molecule has 0 amide bonds. The van der Waals surface area contributed by atoms with Crippen LogP contribution in [0.4, 0.5) is 11.8 Å². The molecule has 0 spiro atoms. The lowest BCUT2D eigenvalue weighted by atomic mass is 10.1. The monoisotopic (exact) mass is 299 g/mol. The maximum Gasteiger partial charge on any atom is 0.228 e. The Bertz CT molecular complexity index is 633. The van der Waals surface area contributed by atoms with Gasteiger partial charge in [-0.05, 0) is 37.0 Å². The van der Waals surface area contributed by atoms with Crippen molar-refractivity contribution < 1.29 is 4.74 Å². The summed E-state index contributed by atoms with van der Waals surface area (Å²) in [6.07, 6.45) is 4.70. The Morgan fingerprint density at radius 3 is 3.00 bits per heavy atom. The largest absolute Gasteiger partial charge is 0.481 e. The van der Waals surface area contributed by atoms with Crippen LogP contribution < -0.4 is 15.0 Å². The minimum Gasteiger partial charge on any atom is -0.481 e. The highest BCUT2D eigenvalue weighted by Crippen LogP contribution is 2.22. The summed E-state index contributed by atoms with van der Waals surface area (Å²) in [4.78, 5) is 15.3. The van der Waals surface area contributed by atoms with Crippen molar-refractivity contribution in [1.82, 2.24) is 15.0 Å². The third kappa shape index (κ3) is 3.44. The summed E-state index contributed by atoms with van der Waals surface area (Å²) in [5, 5.41) is 3.42. The van der Waals surface area contributed by atoms with Crippen LogP contribution in [0.25, 0.3) is 0 Å². The minimum absolute atomic E-state index is 0.567. The number of hydrogen-bond donors (Lipinski definition) is 1. The second-order valence-electron chi connectivity index (χ2n) is 5.60. The average Bonchev–Trinajstić information content (AvgIpc) is 3.02. The predicted molar refractivity (Wildman–Crippen MR) is 86.4 cm³/mol. The fraction of sp³-hybridized carbons (Fsp3) is 0.438. The van der Waals surface area contributed by atoms with E-state index in [0.717, 1.165) is 37.8 Å². The molecule has 6 heteroatoms. The van der Waals surface area contributed by atoms with E-state index in [9.17, 15) is 0 Å². The van der Waals surface area contributed by atoms with Crippen LogP contribution in [0, 0.1) is 12.8 Å². The molecule has 22 heavy (non-hydrogen) atoms. The standard InChI is InChI=1S/C16H21N5O/c1-12-3-6-17-14(9-12)19-10-13-5-8-21(11-13)16-18-7-4-15(20-16)22-2/h3-4,6-7,9,13H,5,8,10-11H2,1-2H3,(H,17,19)/t13-/m1/s1. The smallest absolute Gasteiger partial charge is 0.228 e.